The van der Waals surface area contributed by atoms with E-state index in [1.54, 1.807) is 12.1 Å². The van der Waals surface area contributed by atoms with Crippen molar-refractivity contribution in [2.24, 2.45) is 0 Å². The Labute approximate surface area is 130 Å². The van der Waals surface area contributed by atoms with E-state index in [4.69, 9.17) is 0 Å². The number of hydrogen-bond donors (Lipinski definition) is 0. The molecule has 0 atom stereocenters. The van der Waals surface area contributed by atoms with Gasteiger partial charge in [-0.05, 0) is 37.8 Å². The Bertz CT molecular complexity index is 620. The van der Waals surface area contributed by atoms with Crippen LogP contribution in [0.5, 0.6) is 0 Å². The maximum absolute atomic E-state index is 12.2. The van der Waals surface area contributed by atoms with E-state index in [0.717, 1.165) is 44.7 Å². The van der Waals surface area contributed by atoms with Gasteiger partial charge in [0, 0.05) is 38.5 Å². The van der Waals surface area contributed by atoms with Crippen LogP contribution < -0.4 is 4.90 Å². The van der Waals surface area contributed by atoms with Crippen LogP contribution in [0.25, 0.3) is 0 Å². The van der Waals surface area contributed by atoms with E-state index >= 15 is 0 Å². The molecule has 0 N–H and O–H groups in total. The van der Waals surface area contributed by atoms with Gasteiger partial charge in [-0.2, -0.15) is 5.26 Å². The molecule has 0 saturated carbocycles. The van der Waals surface area contributed by atoms with E-state index in [1.165, 1.54) is 12.8 Å². The number of hydrogen-bond acceptors (Lipinski definition) is 5. The van der Waals surface area contributed by atoms with Crippen molar-refractivity contribution in [3.63, 3.8) is 0 Å². The fourth-order valence-corrected chi connectivity index (χ4v) is 3.03. The fourth-order valence-electron chi connectivity index (χ4n) is 3.03. The first-order valence-corrected chi connectivity index (χ1v) is 7.90. The molecular formula is C17H20N4O. The summed E-state index contributed by atoms with van der Waals surface area (Å²) in [5, 5.41) is 9.31. The summed E-state index contributed by atoms with van der Waals surface area (Å²) < 4.78 is 0. The molecular weight excluding hydrogens is 276 g/mol. The summed E-state index contributed by atoms with van der Waals surface area (Å²) in [6.45, 7) is 3.93. The number of rotatable bonds is 4. The number of pyridine rings is 1. The zero-order chi connectivity index (χ0) is 15.4. The molecule has 0 bridgehead atoms. The number of likely N-dealkylation sites (tertiary alicyclic amines) is 1. The average Bonchev–Trinajstić information content (AvgIpc) is 3.25. The highest BCUT2D eigenvalue weighted by Gasteiger charge is 2.18. The molecule has 0 radical (unpaired) electrons. The van der Waals surface area contributed by atoms with Crippen LogP contribution in [0, 0.1) is 11.3 Å². The van der Waals surface area contributed by atoms with E-state index in [2.05, 4.69) is 20.9 Å². The lowest BCUT2D eigenvalue weighted by Crippen LogP contribution is -2.20. The van der Waals surface area contributed by atoms with Crippen molar-refractivity contribution in [1.29, 1.82) is 5.26 Å². The number of nitrogens with zero attached hydrogens (tertiary/aromatic N) is 4. The van der Waals surface area contributed by atoms with E-state index in [0.29, 0.717) is 11.4 Å². The summed E-state index contributed by atoms with van der Waals surface area (Å²) >= 11 is 0. The summed E-state index contributed by atoms with van der Waals surface area (Å²) in [6.07, 6.45) is 8.05. The minimum atomic E-state index is -0.142. The highest BCUT2D eigenvalue weighted by Crippen LogP contribution is 2.23. The van der Waals surface area contributed by atoms with Gasteiger partial charge in [0.05, 0.1) is 5.69 Å². The molecule has 0 unspecified atom stereocenters. The van der Waals surface area contributed by atoms with Gasteiger partial charge in [-0.1, -0.05) is 0 Å². The number of ketones is 1. The first kappa shape index (κ1) is 14.6. The Morgan fingerprint density at radius 1 is 1.14 bits per heavy atom. The molecule has 5 nitrogen and oxygen atoms in total. The van der Waals surface area contributed by atoms with Crippen molar-refractivity contribution in [3.05, 3.63) is 35.8 Å². The molecule has 2 aliphatic heterocycles. The maximum atomic E-state index is 12.2. The van der Waals surface area contributed by atoms with Crippen molar-refractivity contribution in [1.82, 2.24) is 9.88 Å². The van der Waals surface area contributed by atoms with Crippen LogP contribution in [0.4, 0.5) is 5.69 Å². The monoisotopic (exact) mass is 296 g/mol. The third kappa shape index (κ3) is 3.11. The van der Waals surface area contributed by atoms with Gasteiger partial charge in [-0.25, -0.2) is 4.98 Å². The molecule has 114 valence electrons. The normalized spacial score (nSPS) is 18.1. The summed E-state index contributed by atoms with van der Waals surface area (Å²) in [7, 11) is 0. The second-order valence-corrected chi connectivity index (χ2v) is 5.79. The molecule has 2 fully saturated rings. The Kier molecular flexibility index (Phi) is 4.38. The molecule has 0 aliphatic carbocycles. The largest absolute Gasteiger partial charge is 0.377 e. The zero-order valence-corrected chi connectivity index (χ0v) is 12.7. The first-order chi connectivity index (χ1) is 10.8. The fraction of sp³-hybridized carbons (Fsp3) is 0.471. The minimum absolute atomic E-state index is 0.142. The minimum Gasteiger partial charge on any atom is -0.377 e. The summed E-state index contributed by atoms with van der Waals surface area (Å²) in [4.78, 5) is 20.8. The lowest BCUT2D eigenvalue weighted by atomic mass is 10.2. The quantitative estimate of drug-likeness (QED) is 0.630. The Morgan fingerprint density at radius 3 is 2.50 bits per heavy atom. The highest BCUT2D eigenvalue weighted by atomic mass is 16.1. The number of carbonyl (C=O) groups is 1. The van der Waals surface area contributed by atoms with Crippen LogP contribution in [0.15, 0.2) is 24.4 Å². The van der Waals surface area contributed by atoms with E-state index in [-0.39, 0.29) is 5.78 Å². The van der Waals surface area contributed by atoms with Crippen LogP contribution in [0.3, 0.4) is 0 Å². The molecule has 0 spiro atoms. The van der Waals surface area contributed by atoms with Gasteiger partial charge in [-0.3, -0.25) is 4.79 Å². The van der Waals surface area contributed by atoms with Gasteiger partial charge in [0.15, 0.2) is 5.69 Å². The van der Waals surface area contributed by atoms with Gasteiger partial charge in [-0.15, -0.1) is 0 Å². The van der Waals surface area contributed by atoms with Gasteiger partial charge in [0.2, 0.25) is 5.78 Å². The Morgan fingerprint density at radius 2 is 1.82 bits per heavy atom. The molecule has 0 amide bonds. The van der Waals surface area contributed by atoms with Crippen LogP contribution >= 0.6 is 0 Å². The zero-order valence-electron chi connectivity index (χ0n) is 12.7. The second-order valence-electron chi connectivity index (χ2n) is 5.79. The predicted molar refractivity (Wildman–Crippen MR) is 84.7 cm³/mol. The molecule has 2 saturated heterocycles. The van der Waals surface area contributed by atoms with Crippen molar-refractivity contribution in [2.75, 3.05) is 31.1 Å². The van der Waals surface area contributed by atoms with Gasteiger partial charge >= 0.3 is 0 Å². The third-order valence-electron chi connectivity index (χ3n) is 4.26. The van der Waals surface area contributed by atoms with Gasteiger partial charge < -0.3 is 9.80 Å². The predicted octanol–water partition coefficient (Wildman–Crippen LogP) is 2.35. The molecule has 5 heteroatoms. The molecule has 2 aliphatic rings. The van der Waals surface area contributed by atoms with E-state index < -0.39 is 0 Å². The van der Waals surface area contributed by atoms with E-state index in [9.17, 15) is 10.1 Å². The highest BCUT2D eigenvalue weighted by molar-refractivity contribution is 6.03. The van der Waals surface area contributed by atoms with Crippen LogP contribution in [0.1, 0.15) is 41.9 Å². The van der Waals surface area contributed by atoms with Crippen molar-refractivity contribution in [3.8, 4) is 6.07 Å². The molecule has 3 heterocycles. The van der Waals surface area contributed by atoms with E-state index in [1.807, 2.05) is 12.3 Å². The van der Waals surface area contributed by atoms with Crippen molar-refractivity contribution >= 4 is 11.5 Å². The van der Waals surface area contributed by atoms with Crippen LogP contribution in [0.2, 0.25) is 0 Å². The number of aromatic nitrogens is 1. The number of carbonyl (C=O) groups excluding carboxylic acids is 1. The Balaban J connectivity index is 1.76. The molecule has 3 rings (SSSR count). The third-order valence-corrected chi connectivity index (χ3v) is 4.26. The number of nitriles is 1. The Hall–Kier alpha value is -2.35. The molecule has 22 heavy (non-hydrogen) atoms. The van der Waals surface area contributed by atoms with Crippen LogP contribution in [-0.4, -0.2) is 41.8 Å². The van der Waals surface area contributed by atoms with Crippen molar-refractivity contribution in [2.45, 2.75) is 25.7 Å². The number of anilines is 1. The second kappa shape index (κ2) is 6.61. The topological polar surface area (TPSA) is 60.2 Å². The molecule has 1 aromatic rings. The molecule has 0 aromatic carbocycles. The SMILES string of the molecule is N#Cc1nc(C(=O)/C=C/N2CCCC2)ccc1N1CCCC1. The summed E-state index contributed by atoms with van der Waals surface area (Å²) in [6, 6.07) is 5.71. The van der Waals surface area contributed by atoms with Crippen molar-refractivity contribution < 1.29 is 4.79 Å². The molecule has 1 aromatic heterocycles. The standard InChI is InChI=1S/C17H20N4O/c18-13-15-16(21-10-3-4-11-21)6-5-14(19-15)17(22)7-12-20-8-1-2-9-20/h5-7,12H,1-4,8-11H2/b12-7+. The summed E-state index contributed by atoms with van der Waals surface area (Å²) in [5.74, 6) is -0.142. The average molecular weight is 296 g/mol. The van der Waals surface area contributed by atoms with Crippen LogP contribution in [-0.2, 0) is 0 Å². The summed E-state index contributed by atoms with van der Waals surface area (Å²) in [5.41, 5.74) is 1.54. The van der Waals surface area contributed by atoms with Gasteiger partial charge in [0.1, 0.15) is 11.8 Å². The smallest absolute Gasteiger partial charge is 0.205 e. The lowest BCUT2D eigenvalue weighted by Gasteiger charge is -2.18. The number of allylic oxidation sites excluding steroid dienone is 1. The first-order valence-electron chi connectivity index (χ1n) is 7.90. The lowest BCUT2D eigenvalue weighted by molar-refractivity contribution is 0.104. The van der Waals surface area contributed by atoms with Gasteiger partial charge in [0.25, 0.3) is 0 Å². The maximum Gasteiger partial charge on any atom is 0.205 e.